The predicted octanol–water partition coefficient (Wildman–Crippen LogP) is 1.17. The minimum Gasteiger partial charge on any atom is -0.481 e. The normalized spacial score (nSPS) is 12.5. The van der Waals surface area contributed by atoms with Crippen LogP contribution in [0.25, 0.3) is 0 Å². The lowest BCUT2D eigenvalue weighted by molar-refractivity contribution is -0.118. The molecule has 7 heteroatoms. The van der Waals surface area contributed by atoms with Gasteiger partial charge in [-0.15, -0.1) is 12.4 Å². The maximum absolute atomic E-state index is 12.1. The van der Waals surface area contributed by atoms with Crippen LogP contribution in [0.2, 0.25) is 0 Å². The molecule has 0 fully saturated rings. The van der Waals surface area contributed by atoms with E-state index in [0.29, 0.717) is 23.5 Å². The summed E-state index contributed by atoms with van der Waals surface area (Å²) in [5.41, 5.74) is 0.982. The number of ether oxygens (including phenoxy) is 1. The predicted molar refractivity (Wildman–Crippen MR) is 83.3 cm³/mol. The fourth-order valence-electron chi connectivity index (χ4n) is 1.96. The summed E-state index contributed by atoms with van der Waals surface area (Å²) in [6, 6.07) is 5.12. The summed E-state index contributed by atoms with van der Waals surface area (Å²) in [4.78, 5) is 23.3. The molecule has 1 aliphatic heterocycles. The lowest BCUT2D eigenvalue weighted by atomic mass is 10.1. The Bertz CT molecular complexity index is 508. The smallest absolute Gasteiger partial charge is 0.262 e. The van der Waals surface area contributed by atoms with Gasteiger partial charge in [0, 0.05) is 13.1 Å². The minimum atomic E-state index is -0.209. The number of hydrogen-bond donors (Lipinski definition) is 3. The third-order valence-electron chi connectivity index (χ3n) is 2.90. The molecule has 116 valence electrons. The van der Waals surface area contributed by atoms with Crippen LogP contribution in [0.3, 0.4) is 0 Å². The molecule has 21 heavy (non-hydrogen) atoms. The Morgan fingerprint density at radius 1 is 1.33 bits per heavy atom. The zero-order chi connectivity index (χ0) is 14.4. The van der Waals surface area contributed by atoms with Gasteiger partial charge in [-0.1, -0.05) is 13.0 Å². The average Bonchev–Trinajstić information content (AvgIpc) is 2.46. The summed E-state index contributed by atoms with van der Waals surface area (Å²) in [5.74, 6) is 0.0289. The molecular formula is C14H20ClN3O3. The second-order valence-corrected chi connectivity index (χ2v) is 4.53. The number of amides is 2. The van der Waals surface area contributed by atoms with Crippen molar-refractivity contribution >= 4 is 29.9 Å². The Balaban J connectivity index is 0.00000220. The first-order valence-corrected chi connectivity index (χ1v) is 6.77. The summed E-state index contributed by atoms with van der Waals surface area (Å²) in [6.07, 6.45) is 1.06. The molecule has 0 radical (unpaired) electrons. The van der Waals surface area contributed by atoms with Gasteiger partial charge in [0.1, 0.15) is 0 Å². The van der Waals surface area contributed by atoms with E-state index in [1.807, 2.05) is 0 Å². The third-order valence-corrected chi connectivity index (χ3v) is 2.90. The molecule has 0 atom stereocenters. The SMILES string of the molecule is CCCNCCNC(=O)c1cccc2c1OCC(=O)N2.Cl. The molecule has 3 N–H and O–H groups in total. The number of carbonyl (C=O) groups is 2. The number of anilines is 1. The van der Waals surface area contributed by atoms with Gasteiger partial charge in [0.25, 0.3) is 11.8 Å². The van der Waals surface area contributed by atoms with E-state index in [4.69, 9.17) is 4.74 Å². The van der Waals surface area contributed by atoms with Gasteiger partial charge < -0.3 is 20.7 Å². The molecule has 0 saturated carbocycles. The van der Waals surface area contributed by atoms with E-state index in [0.717, 1.165) is 19.5 Å². The number of para-hydroxylation sites is 1. The van der Waals surface area contributed by atoms with Gasteiger partial charge in [0.05, 0.1) is 11.3 Å². The summed E-state index contributed by atoms with van der Waals surface area (Å²) < 4.78 is 5.34. The van der Waals surface area contributed by atoms with Gasteiger partial charge in [-0.2, -0.15) is 0 Å². The first-order chi connectivity index (χ1) is 9.72. The van der Waals surface area contributed by atoms with Crippen molar-refractivity contribution in [1.82, 2.24) is 10.6 Å². The summed E-state index contributed by atoms with van der Waals surface area (Å²) in [7, 11) is 0. The summed E-state index contributed by atoms with van der Waals surface area (Å²) in [5, 5.41) is 8.71. The fourth-order valence-corrected chi connectivity index (χ4v) is 1.96. The van der Waals surface area contributed by atoms with E-state index < -0.39 is 0 Å². The van der Waals surface area contributed by atoms with Crippen molar-refractivity contribution in [3.8, 4) is 5.75 Å². The first-order valence-electron chi connectivity index (χ1n) is 6.77. The molecule has 6 nitrogen and oxygen atoms in total. The molecule has 0 aromatic heterocycles. The van der Waals surface area contributed by atoms with Crippen LogP contribution < -0.4 is 20.7 Å². The van der Waals surface area contributed by atoms with E-state index in [2.05, 4.69) is 22.9 Å². The van der Waals surface area contributed by atoms with Crippen LogP contribution in [0.5, 0.6) is 5.75 Å². The van der Waals surface area contributed by atoms with Crippen LogP contribution in [-0.4, -0.2) is 38.1 Å². The number of carbonyl (C=O) groups excluding carboxylic acids is 2. The number of halogens is 1. The second-order valence-electron chi connectivity index (χ2n) is 4.53. The average molecular weight is 314 g/mol. The Morgan fingerprint density at radius 2 is 2.14 bits per heavy atom. The van der Waals surface area contributed by atoms with Gasteiger partial charge >= 0.3 is 0 Å². The molecule has 1 aromatic carbocycles. The van der Waals surface area contributed by atoms with Gasteiger partial charge in [-0.05, 0) is 25.1 Å². The van der Waals surface area contributed by atoms with Crippen molar-refractivity contribution < 1.29 is 14.3 Å². The van der Waals surface area contributed by atoms with Crippen molar-refractivity contribution in [3.05, 3.63) is 23.8 Å². The van der Waals surface area contributed by atoms with Crippen molar-refractivity contribution in [2.24, 2.45) is 0 Å². The monoisotopic (exact) mass is 313 g/mol. The van der Waals surface area contributed by atoms with Crippen molar-refractivity contribution in [1.29, 1.82) is 0 Å². The van der Waals surface area contributed by atoms with E-state index in [-0.39, 0.29) is 30.8 Å². The van der Waals surface area contributed by atoms with Crippen LogP contribution in [-0.2, 0) is 4.79 Å². The van der Waals surface area contributed by atoms with Crippen LogP contribution in [0.15, 0.2) is 18.2 Å². The largest absolute Gasteiger partial charge is 0.481 e. The molecular weight excluding hydrogens is 294 g/mol. The lowest BCUT2D eigenvalue weighted by Crippen LogP contribution is -2.33. The Morgan fingerprint density at radius 3 is 2.90 bits per heavy atom. The molecule has 0 aliphatic carbocycles. The van der Waals surface area contributed by atoms with E-state index in [9.17, 15) is 9.59 Å². The zero-order valence-electron chi connectivity index (χ0n) is 11.9. The number of nitrogens with one attached hydrogen (secondary N) is 3. The van der Waals surface area contributed by atoms with Crippen molar-refractivity contribution in [2.45, 2.75) is 13.3 Å². The molecule has 0 bridgehead atoms. The minimum absolute atomic E-state index is 0. The molecule has 1 aliphatic rings. The second kappa shape index (κ2) is 8.49. The highest BCUT2D eigenvalue weighted by molar-refractivity contribution is 6.03. The van der Waals surface area contributed by atoms with Gasteiger partial charge in [0.2, 0.25) is 0 Å². The highest BCUT2D eigenvalue weighted by Gasteiger charge is 2.21. The van der Waals surface area contributed by atoms with E-state index in [1.165, 1.54) is 0 Å². The van der Waals surface area contributed by atoms with Gasteiger partial charge in [-0.25, -0.2) is 0 Å². The Hall–Kier alpha value is -1.79. The van der Waals surface area contributed by atoms with Crippen LogP contribution in [0, 0.1) is 0 Å². The van der Waals surface area contributed by atoms with Crippen molar-refractivity contribution in [2.75, 3.05) is 31.6 Å². The maximum Gasteiger partial charge on any atom is 0.262 e. The maximum atomic E-state index is 12.1. The van der Waals surface area contributed by atoms with Crippen molar-refractivity contribution in [3.63, 3.8) is 0 Å². The van der Waals surface area contributed by atoms with E-state index >= 15 is 0 Å². The van der Waals surface area contributed by atoms with Crippen LogP contribution in [0.1, 0.15) is 23.7 Å². The molecule has 0 unspecified atom stereocenters. The molecule has 1 heterocycles. The van der Waals surface area contributed by atoms with Crippen LogP contribution in [0.4, 0.5) is 5.69 Å². The molecule has 0 spiro atoms. The Kier molecular flexibility index (Phi) is 6.98. The van der Waals surface area contributed by atoms with E-state index in [1.54, 1.807) is 18.2 Å². The molecule has 1 aromatic rings. The highest BCUT2D eigenvalue weighted by Crippen LogP contribution is 2.31. The Labute approximate surface area is 130 Å². The topological polar surface area (TPSA) is 79.5 Å². The van der Waals surface area contributed by atoms with Gasteiger partial charge in [0.15, 0.2) is 12.4 Å². The molecule has 2 rings (SSSR count). The number of fused-ring (bicyclic) bond motifs is 1. The fraction of sp³-hybridized carbons (Fsp3) is 0.429. The summed E-state index contributed by atoms with van der Waals surface area (Å²) in [6.45, 7) is 4.25. The third kappa shape index (κ3) is 4.61. The zero-order valence-corrected chi connectivity index (χ0v) is 12.7. The summed E-state index contributed by atoms with van der Waals surface area (Å²) >= 11 is 0. The van der Waals surface area contributed by atoms with Crippen LogP contribution >= 0.6 is 12.4 Å². The molecule has 0 saturated heterocycles. The number of benzene rings is 1. The molecule has 2 amide bonds. The first kappa shape index (κ1) is 17.3. The standard InChI is InChI=1S/C14H19N3O3.ClH/c1-2-6-15-7-8-16-14(19)10-4-3-5-11-13(10)20-9-12(18)17-11;/h3-5,15H,2,6-9H2,1H3,(H,16,19)(H,17,18);1H. The quantitative estimate of drug-likeness (QED) is 0.689. The lowest BCUT2D eigenvalue weighted by Gasteiger charge is -2.20. The number of hydrogen-bond acceptors (Lipinski definition) is 4. The number of rotatable bonds is 6. The van der Waals surface area contributed by atoms with Gasteiger partial charge in [-0.3, -0.25) is 9.59 Å². The highest BCUT2D eigenvalue weighted by atomic mass is 35.5.